The Labute approximate surface area is 94.7 Å². The van der Waals surface area contributed by atoms with E-state index < -0.39 is 0 Å². The van der Waals surface area contributed by atoms with Gasteiger partial charge in [-0.15, -0.1) is 0 Å². The van der Waals surface area contributed by atoms with Gasteiger partial charge in [-0.05, 0) is 38.1 Å². The number of hydrogen-bond donors (Lipinski definition) is 2. The first-order valence-corrected chi connectivity index (χ1v) is 5.82. The quantitative estimate of drug-likeness (QED) is 0.804. The largest absolute Gasteiger partial charge is 0.361 e. The van der Waals surface area contributed by atoms with Crippen LogP contribution in [0.5, 0.6) is 0 Å². The third kappa shape index (κ3) is 1.76. The zero-order chi connectivity index (χ0) is 10.8. The Kier molecular flexibility index (Phi) is 2.50. The summed E-state index contributed by atoms with van der Waals surface area (Å²) in [5, 5.41) is 7.84. The Bertz CT molecular complexity index is 437. The van der Waals surface area contributed by atoms with E-state index in [4.69, 9.17) is 0 Å². The lowest BCUT2D eigenvalue weighted by Crippen LogP contribution is -2.29. The topological polar surface area (TPSA) is 45.6 Å². The fourth-order valence-electron chi connectivity index (χ4n) is 2.26. The van der Waals surface area contributed by atoms with Gasteiger partial charge in [-0.1, -0.05) is 0 Å². The van der Waals surface area contributed by atoms with Crippen molar-refractivity contribution in [2.24, 2.45) is 0 Å². The van der Waals surface area contributed by atoms with Gasteiger partial charge in [-0.3, -0.25) is 4.68 Å². The second-order valence-electron chi connectivity index (χ2n) is 4.27. The third-order valence-corrected chi connectivity index (χ3v) is 3.19. The van der Waals surface area contributed by atoms with Gasteiger partial charge in [-0.25, -0.2) is 0 Å². The molecule has 1 aliphatic heterocycles. The molecule has 0 aliphatic carbocycles. The van der Waals surface area contributed by atoms with Crippen LogP contribution in [0.25, 0.3) is 11.3 Å². The monoisotopic (exact) mass is 216 g/mol. The molecule has 0 radical (unpaired) electrons. The summed E-state index contributed by atoms with van der Waals surface area (Å²) in [5.41, 5.74) is 2.31. The van der Waals surface area contributed by atoms with E-state index in [0.717, 1.165) is 18.8 Å². The van der Waals surface area contributed by atoms with Crippen LogP contribution in [0.3, 0.4) is 0 Å². The third-order valence-electron chi connectivity index (χ3n) is 3.19. The van der Waals surface area contributed by atoms with E-state index in [1.807, 2.05) is 18.5 Å². The molecule has 16 heavy (non-hydrogen) atoms. The van der Waals surface area contributed by atoms with E-state index in [0.29, 0.717) is 6.04 Å². The molecule has 0 spiro atoms. The van der Waals surface area contributed by atoms with E-state index in [1.54, 1.807) is 0 Å². The maximum Gasteiger partial charge on any atom is 0.0583 e. The highest BCUT2D eigenvalue weighted by atomic mass is 15.3. The van der Waals surface area contributed by atoms with Gasteiger partial charge in [0.15, 0.2) is 0 Å². The second kappa shape index (κ2) is 4.14. The molecule has 0 saturated carbocycles. The zero-order valence-corrected chi connectivity index (χ0v) is 9.19. The van der Waals surface area contributed by atoms with Crippen LogP contribution >= 0.6 is 0 Å². The molecular formula is C12H16N4. The van der Waals surface area contributed by atoms with Crippen molar-refractivity contribution in [2.75, 3.05) is 13.1 Å². The number of hydrogen-bond acceptors (Lipinski definition) is 2. The van der Waals surface area contributed by atoms with Gasteiger partial charge in [0.05, 0.1) is 12.2 Å². The van der Waals surface area contributed by atoms with Crippen molar-refractivity contribution in [3.05, 3.63) is 30.7 Å². The number of H-pyrrole nitrogens is 1. The number of piperidine rings is 1. The molecule has 2 N–H and O–H groups in total. The summed E-state index contributed by atoms with van der Waals surface area (Å²) in [6.45, 7) is 2.20. The SMILES string of the molecule is c1c[nH]c(-c2cnn(C3CCNCC3)c2)c1. The Morgan fingerprint density at radius 3 is 2.94 bits per heavy atom. The average Bonchev–Trinajstić information content (AvgIpc) is 3.01. The molecule has 0 aromatic carbocycles. The van der Waals surface area contributed by atoms with Crippen molar-refractivity contribution in [1.82, 2.24) is 20.1 Å². The summed E-state index contributed by atoms with van der Waals surface area (Å²) in [6, 6.07) is 4.64. The van der Waals surface area contributed by atoms with Crippen molar-refractivity contribution >= 4 is 0 Å². The molecule has 0 bridgehead atoms. The van der Waals surface area contributed by atoms with Gasteiger partial charge >= 0.3 is 0 Å². The zero-order valence-electron chi connectivity index (χ0n) is 9.19. The minimum atomic E-state index is 0.560. The lowest BCUT2D eigenvalue weighted by molar-refractivity contribution is 0.343. The molecule has 84 valence electrons. The van der Waals surface area contributed by atoms with Gasteiger partial charge in [0.1, 0.15) is 0 Å². The summed E-state index contributed by atoms with van der Waals surface area (Å²) in [5.74, 6) is 0. The smallest absolute Gasteiger partial charge is 0.0583 e. The van der Waals surface area contributed by atoms with Gasteiger partial charge in [0.25, 0.3) is 0 Å². The van der Waals surface area contributed by atoms with Crippen LogP contribution in [0, 0.1) is 0 Å². The molecule has 3 heterocycles. The molecule has 0 atom stereocenters. The van der Waals surface area contributed by atoms with Crippen molar-refractivity contribution < 1.29 is 0 Å². The Balaban J connectivity index is 1.82. The van der Waals surface area contributed by atoms with E-state index in [1.165, 1.54) is 18.4 Å². The molecule has 2 aromatic rings. The minimum Gasteiger partial charge on any atom is -0.361 e. The lowest BCUT2D eigenvalue weighted by Gasteiger charge is -2.22. The first-order chi connectivity index (χ1) is 7.93. The Hall–Kier alpha value is -1.55. The van der Waals surface area contributed by atoms with Crippen molar-refractivity contribution in [3.63, 3.8) is 0 Å². The molecule has 1 fully saturated rings. The van der Waals surface area contributed by atoms with Crippen LogP contribution in [0.15, 0.2) is 30.7 Å². The molecule has 4 nitrogen and oxygen atoms in total. The molecule has 1 saturated heterocycles. The first-order valence-electron chi connectivity index (χ1n) is 5.82. The Morgan fingerprint density at radius 2 is 2.19 bits per heavy atom. The predicted octanol–water partition coefficient (Wildman–Crippen LogP) is 1.80. The molecule has 0 amide bonds. The van der Waals surface area contributed by atoms with Crippen LogP contribution in [-0.4, -0.2) is 27.9 Å². The summed E-state index contributed by atoms with van der Waals surface area (Å²) in [6.07, 6.45) is 8.37. The highest BCUT2D eigenvalue weighted by Crippen LogP contribution is 2.22. The standard InChI is InChI=1S/C12H16N4/c1-2-12(14-5-1)10-8-15-16(9-10)11-3-6-13-7-4-11/h1-2,5,8-9,11,13-14H,3-4,6-7H2. The highest BCUT2D eigenvalue weighted by Gasteiger charge is 2.15. The van der Waals surface area contributed by atoms with Gasteiger partial charge in [0, 0.05) is 23.7 Å². The van der Waals surface area contributed by atoms with Gasteiger partial charge in [0.2, 0.25) is 0 Å². The van der Waals surface area contributed by atoms with Crippen LogP contribution in [-0.2, 0) is 0 Å². The number of aromatic amines is 1. The molecular weight excluding hydrogens is 200 g/mol. The van der Waals surface area contributed by atoms with Crippen LogP contribution < -0.4 is 5.32 Å². The average molecular weight is 216 g/mol. The van der Waals surface area contributed by atoms with Gasteiger partial charge in [-0.2, -0.15) is 5.10 Å². The first kappa shape index (κ1) is 9.66. The number of rotatable bonds is 2. The fraction of sp³-hybridized carbons (Fsp3) is 0.417. The van der Waals surface area contributed by atoms with Gasteiger partial charge < -0.3 is 10.3 Å². The fourth-order valence-corrected chi connectivity index (χ4v) is 2.26. The molecule has 4 heteroatoms. The van der Waals surface area contributed by atoms with E-state index in [-0.39, 0.29) is 0 Å². The second-order valence-corrected chi connectivity index (χ2v) is 4.27. The minimum absolute atomic E-state index is 0.560. The van der Waals surface area contributed by atoms with E-state index >= 15 is 0 Å². The maximum atomic E-state index is 4.46. The normalized spacial score (nSPS) is 17.8. The Morgan fingerprint density at radius 1 is 1.31 bits per heavy atom. The summed E-state index contributed by atoms with van der Waals surface area (Å²) in [7, 11) is 0. The molecule has 0 unspecified atom stereocenters. The number of aromatic nitrogens is 3. The van der Waals surface area contributed by atoms with Crippen molar-refractivity contribution in [3.8, 4) is 11.3 Å². The van der Waals surface area contributed by atoms with Crippen LogP contribution in [0.2, 0.25) is 0 Å². The number of nitrogens with zero attached hydrogens (tertiary/aromatic N) is 2. The lowest BCUT2D eigenvalue weighted by atomic mass is 10.1. The molecule has 3 rings (SSSR count). The summed E-state index contributed by atoms with van der Waals surface area (Å²) in [4.78, 5) is 3.20. The molecule has 2 aromatic heterocycles. The molecule has 1 aliphatic rings. The van der Waals surface area contributed by atoms with Crippen molar-refractivity contribution in [2.45, 2.75) is 18.9 Å². The number of nitrogens with one attached hydrogen (secondary N) is 2. The predicted molar refractivity (Wildman–Crippen MR) is 63.2 cm³/mol. The maximum absolute atomic E-state index is 4.46. The van der Waals surface area contributed by atoms with Crippen LogP contribution in [0.4, 0.5) is 0 Å². The van der Waals surface area contributed by atoms with Crippen LogP contribution in [0.1, 0.15) is 18.9 Å². The summed E-state index contributed by atoms with van der Waals surface area (Å²) >= 11 is 0. The summed E-state index contributed by atoms with van der Waals surface area (Å²) < 4.78 is 2.11. The van der Waals surface area contributed by atoms with E-state index in [9.17, 15) is 0 Å². The highest BCUT2D eigenvalue weighted by molar-refractivity contribution is 5.56. The van der Waals surface area contributed by atoms with E-state index in [2.05, 4.69) is 32.3 Å². The van der Waals surface area contributed by atoms with Crippen molar-refractivity contribution in [1.29, 1.82) is 0 Å².